The maximum Gasteiger partial charge on any atom is 0.276 e. The highest BCUT2D eigenvalue weighted by Crippen LogP contribution is 2.22. The summed E-state index contributed by atoms with van der Waals surface area (Å²) in [5, 5.41) is 0. The smallest absolute Gasteiger partial charge is 0.276 e. The third kappa shape index (κ3) is 3.24. The number of amides is 2. The Morgan fingerprint density at radius 3 is 2.00 bits per heavy atom. The Hall–Kier alpha value is -3.52. The van der Waals surface area contributed by atoms with Gasteiger partial charge in [-0.1, -0.05) is 48.4 Å². The number of Topliss-reactive ketones (excluding diaryl/α,β-unsaturated/α-hetero) is 2. The van der Waals surface area contributed by atoms with Crippen LogP contribution in [0.2, 0.25) is 0 Å². The van der Waals surface area contributed by atoms with Gasteiger partial charge in [0, 0.05) is 18.5 Å². The zero-order valence-electron chi connectivity index (χ0n) is 13.2. The van der Waals surface area contributed by atoms with Crippen LogP contribution in [-0.2, 0) is 4.79 Å². The minimum Gasteiger partial charge on any atom is -0.284 e. The van der Waals surface area contributed by atoms with Gasteiger partial charge in [0.2, 0.25) is 5.78 Å². The van der Waals surface area contributed by atoms with Crippen molar-refractivity contribution in [3.05, 3.63) is 71.3 Å². The molecule has 1 aliphatic rings. The molecule has 1 aliphatic heterocycles. The van der Waals surface area contributed by atoms with Crippen LogP contribution >= 0.6 is 0 Å². The molecule has 0 bridgehead atoms. The van der Waals surface area contributed by atoms with Crippen LogP contribution < -0.4 is 0 Å². The maximum atomic E-state index is 12.2. The van der Waals surface area contributed by atoms with Crippen molar-refractivity contribution in [2.45, 2.75) is 6.42 Å². The Morgan fingerprint density at radius 2 is 1.40 bits per heavy atom. The minimum atomic E-state index is -0.812. The average Bonchev–Trinajstić information content (AvgIpc) is 2.90. The van der Waals surface area contributed by atoms with Gasteiger partial charge in [0.1, 0.15) is 0 Å². The Labute approximate surface area is 144 Å². The first-order valence-electron chi connectivity index (χ1n) is 7.67. The first-order valence-corrected chi connectivity index (χ1v) is 7.67. The molecule has 2 amide bonds. The molecule has 1 heterocycles. The number of rotatable bonds is 4. The maximum absolute atomic E-state index is 12.2. The molecule has 0 spiro atoms. The normalized spacial score (nSPS) is 12.4. The summed E-state index contributed by atoms with van der Waals surface area (Å²) in [6.07, 6.45) is 0.124. The largest absolute Gasteiger partial charge is 0.284 e. The van der Waals surface area contributed by atoms with Gasteiger partial charge in [0.05, 0.1) is 11.1 Å². The van der Waals surface area contributed by atoms with Crippen molar-refractivity contribution in [1.29, 1.82) is 0 Å². The van der Waals surface area contributed by atoms with Crippen LogP contribution in [0.15, 0.2) is 54.6 Å². The highest BCUT2D eigenvalue weighted by Gasteiger charge is 2.34. The summed E-state index contributed by atoms with van der Waals surface area (Å²) in [7, 11) is 0. The predicted octanol–water partition coefficient (Wildman–Crippen LogP) is 2.13. The summed E-state index contributed by atoms with van der Waals surface area (Å²) < 4.78 is 0. The monoisotopic (exact) mass is 331 g/mol. The van der Waals surface area contributed by atoms with Crippen LogP contribution in [0.4, 0.5) is 0 Å². The number of carbonyl (C=O) groups excluding carboxylic acids is 4. The van der Waals surface area contributed by atoms with Gasteiger partial charge in [0.15, 0.2) is 0 Å². The number of fused-ring (bicyclic) bond motifs is 1. The first-order chi connectivity index (χ1) is 12.1. The first kappa shape index (κ1) is 16.3. The van der Waals surface area contributed by atoms with Gasteiger partial charge in [-0.15, -0.1) is 0 Å². The van der Waals surface area contributed by atoms with Gasteiger partial charge in [-0.05, 0) is 18.1 Å². The van der Waals surface area contributed by atoms with E-state index in [1.807, 2.05) is 0 Å². The van der Waals surface area contributed by atoms with E-state index in [4.69, 9.17) is 0 Å². The highest BCUT2D eigenvalue weighted by atomic mass is 16.2. The van der Waals surface area contributed by atoms with E-state index >= 15 is 0 Å². The molecular weight excluding hydrogens is 318 g/mol. The lowest BCUT2D eigenvalue weighted by Gasteiger charge is -2.10. The molecule has 0 atom stereocenters. The highest BCUT2D eigenvalue weighted by molar-refractivity contribution is 6.49. The number of imide groups is 1. The van der Waals surface area contributed by atoms with Crippen molar-refractivity contribution in [2.24, 2.45) is 0 Å². The molecule has 2 aromatic rings. The SMILES string of the molecule is O=C(C#CCCN1C(=O)c2ccccc2C1=O)C(=O)c1ccccc1. The van der Waals surface area contributed by atoms with Crippen molar-refractivity contribution >= 4 is 23.4 Å². The van der Waals surface area contributed by atoms with E-state index < -0.39 is 11.6 Å². The standard InChI is InChI=1S/C20H13NO4/c22-17(18(23)14-8-2-1-3-9-14)12-6-7-13-21-19(24)15-10-4-5-11-16(15)20(21)25/h1-5,8-11H,7,13H2. The van der Waals surface area contributed by atoms with Gasteiger partial charge in [-0.25, -0.2) is 0 Å². The molecule has 5 heteroatoms. The summed E-state index contributed by atoms with van der Waals surface area (Å²) in [6.45, 7) is 0.0755. The summed E-state index contributed by atoms with van der Waals surface area (Å²) in [5.41, 5.74) is 1.02. The van der Waals surface area contributed by atoms with Crippen molar-refractivity contribution in [2.75, 3.05) is 6.54 Å². The van der Waals surface area contributed by atoms with Crippen molar-refractivity contribution in [1.82, 2.24) is 4.90 Å². The predicted molar refractivity (Wildman–Crippen MR) is 90.0 cm³/mol. The quantitative estimate of drug-likeness (QED) is 0.283. The molecule has 3 rings (SSSR count). The molecule has 5 nitrogen and oxygen atoms in total. The third-order valence-electron chi connectivity index (χ3n) is 3.78. The zero-order valence-corrected chi connectivity index (χ0v) is 13.2. The Morgan fingerprint density at radius 1 is 0.840 bits per heavy atom. The number of ketones is 2. The van der Waals surface area contributed by atoms with Crippen molar-refractivity contribution in [3.8, 4) is 11.8 Å². The van der Waals surface area contributed by atoms with Crippen LogP contribution in [-0.4, -0.2) is 34.8 Å². The lowest BCUT2D eigenvalue weighted by molar-refractivity contribution is -0.110. The van der Waals surface area contributed by atoms with Crippen molar-refractivity contribution in [3.63, 3.8) is 0 Å². The molecule has 122 valence electrons. The molecule has 0 unspecified atom stereocenters. The van der Waals surface area contributed by atoms with Crippen LogP contribution in [0, 0.1) is 11.8 Å². The van der Waals surface area contributed by atoms with E-state index in [9.17, 15) is 19.2 Å². The molecular formula is C20H13NO4. The average molecular weight is 331 g/mol. The Bertz CT molecular complexity index is 900. The zero-order chi connectivity index (χ0) is 17.8. The summed E-state index contributed by atoms with van der Waals surface area (Å²) >= 11 is 0. The molecule has 0 N–H and O–H groups in total. The topological polar surface area (TPSA) is 71.5 Å². The molecule has 0 aromatic heterocycles. The lowest BCUT2D eigenvalue weighted by Crippen LogP contribution is -2.30. The molecule has 25 heavy (non-hydrogen) atoms. The molecule has 0 radical (unpaired) electrons. The summed E-state index contributed by atoms with van der Waals surface area (Å²) in [6, 6.07) is 14.7. The lowest BCUT2D eigenvalue weighted by atomic mass is 10.1. The van der Waals surface area contributed by atoms with Crippen LogP contribution in [0.1, 0.15) is 37.5 Å². The molecule has 0 fully saturated rings. The number of benzene rings is 2. The molecule has 2 aromatic carbocycles. The van der Waals surface area contributed by atoms with Gasteiger partial charge in [-0.2, -0.15) is 0 Å². The summed E-state index contributed by atoms with van der Waals surface area (Å²) in [4.78, 5) is 49.1. The fourth-order valence-electron chi connectivity index (χ4n) is 2.53. The van der Waals surface area contributed by atoms with E-state index in [0.717, 1.165) is 4.90 Å². The van der Waals surface area contributed by atoms with E-state index in [2.05, 4.69) is 11.8 Å². The summed E-state index contributed by atoms with van der Waals surface area (Å²) in [5.74, 6) is 2.62. The van der Waals surface area contributed by atoms with Gasteiger partial charge < -0.3 is 0 Å². The fourth-order valence-corrected chi connectivity index (χ4v) is 2.53. The second kappa shape index (κ2) is 6.93. The molecule has 0 saturated carbocycles. The van der Waals surface area contributed by atoms with E-state index in [1.165, 1.54) is 0 Å². The van der Waals surface area contributed by atoms with Gasteiger partial charge in [0.25, 0.3) is 17.6 Å². The second-order valence-corrected chi connectivity index (χ2v) is 5.38. The van der Waals surface area contributed by atoms with Crippen LogP contribution in [0.25, 0.3) is 0 Å². The minimum absolute atomic E-state index is 0.0755. The van der Waals surface area contributed by atoms with Crippen molar-refractivity contribution < 1.29 is 19.2 Å². The van der Waals surface area contributed by atoms with Crippen LogP contribution in [0.5, 0.6) is 0 Å². The van der Waals surface area contributed by atoms with E-state index in [1.54, 1.807) is 54.6 Å². The number of hydrogen-bond donors (Lipinski definition) is 0. The number of carbonyl (C=O) groups is 4. The van der Waals surface area contributed by atoms with E-state index in [0.29, 0.717) is 11.1 Å². The molecule has 0 saturated heterocycles. The third-order valence-corrected chi connectivity index (χ3v) is 3.78. The Balaban J connectivity index is 1.60. The van der Waals surface area contributed by atoms with E-state index in [-0.39, 0.29) is 30.3 Å². The number of nitrogens with zero attached hydrogens (tertiary/aromatic N) is 1. The second-order valence-electron chi connectivity index (χ2n) is 5.38. The van der Waals surface area contributed by atoms with Crippen LogP contribution in [0.3, 0.4) is 0 Å². The molecule has 0 aliphatic carbocycles. The number of hydrogen-bond acceptors (Lipinski definition) is 4. The van der Waals surface area contributed by atoms with Gasteiger partial charge in [-0.3, -0.25) is 24.1 Å². The van der Waals surface area contributed by atoms with Gasteiger partial charge >= 0.3 is 0 Å². The fraction of sp³-hybridized carbons (Fsp3) is 0.100. The Kier molecular flexibility index (Phi) is 4.53.